The van der Waals surface area contributed by atoms with Crippen LogP contribution in [0.25, 0.3) is 6.08 Å². The Balaban J connectivity index is 1.32. The van der Waals surface area contributed by atoms with Crippen molar-refractivity contribution in [2.45, 2.75) is 78.6 Å². The van der Waals surface area contributed by atoms with E-state index in [1.807, 2.05) is 6.07 Å². The molecule has 4 aliphatic carbocycles. The molecule has 0 heterocycles. The number of allylic oxidation sites excluding steroid dienone is 1. The molecule has 4 saturated carbocycles. The van der Waals surface area contributed by atoms with Gasteiger partial charge in [0.05, 0.1) is 0 Å². The largest absolute Gasteiger partial charge is 0.300 e. The number of hydrogen-bond donors (Lipinski definition) is 0. The molecular weight excluding hydrogens is 420 g/mol. The lowest BCUT2D eigenvalue weighted by Gasteiger charge is -2.58. The Kier molecular flexibility index (Phi) is 6.19. The molecule has 3 nitrogen and oxygen atoms in total. The van der Waals surface area contributed by atoms with Crippen molar-refractivity contribution < 1.29 is 14.4 Å². The summed E-state index contributed by atoms with van der Waals surface area (Å²) in [4.78, 5) is 39.5. The lowest BCUT2D eigenvalue weighted by atomic mass is 9.44. The minimum Gasteiger partial charge on any atom is -0.300 e. The van der Waals surface area contributed by atoms with Crippen LogP contribution < -0.4 is 0 Å². The van der Waals surface area contributed by atoms with Crippen LogP contribution in [0.1, 0.15) is 84.1 Å². The number of hydrogen-bond acceptors (Lipinski definition) is 3. The highest BCUT2D eigenvalue weighted by atomic mass is 16.1. The fourth-order valence-electron chi connectivity index (χ4n) is 8.73. The summed E-state index contributed by atoms with van der Waals surface area (Å²) in [7, 11) is 0. The Hall–Kier alpha value is -2.03. The summed E-state index contributed by atoms with van der Waals surface area (Å²) in [6.45, 7) is 6.81. The van der Waals surface area contributed by atoms with E-state index < -0.39 is 0 Å². The molecule has 4 fully saturated rings. The van der Waals surface area contributed by atoms with Gasteiger partial charge in [0.25, 0.3) is 0 Å². The molecule has 4 aliphatic rings. The van der Waals surface area contributed by atoms with Gasteiger partial charge in [-0.1, -0.05) is 63.3 Å². The van der Waals surface area contributed by atoms with Crippen molar-refractivity contribution in [2.75, 3.05) is 0 Å². The Labute approximate surface area is 204 Å². The summed E-state index contributed by atoms with van der Waals surface area (Å²) in [6.07, 6.45) is 11.7. The smallest absolute Gasteiger partial charge is 0.139 e. The van der Waals surface area contributed by atoms with Crippen LogP contribution in [0.2, 0.25) is 0 Å². The molecule has 0 saturated heterocycles. The molecule has 182 valence electrons. The number of benzene rings is 1. The second-order valence-electron chi connectivity index (χ2n) is 12.3. The van der Waals surface area contributed by atoms with E-state index in [0.29, 0.717) is 54.9 Å². The van der Waals surface area contributed by atoms with Gasteiger partial charge < -0.3 is 0 Å². The molecule has 0 bridgehead atoms. The standard InChI is InChI=1S/C31H40O3/c1-20(9-7-8-12-21-10-5-4-6-11-21)24-13-14-25-29-26(19-28(34)31(24,25)3)30(2)16-15-23(32)17-22(30)18-27(29)33/h4-6,8,10-12,20,22,24-26,29H,7,9,13-19H2,1-3H3/b12-8+/t20-,22+,24-,25+,26+,29+,30+,31-/m1/s1. The summed E-state index contributed by atoms with van der Waals surface area (Å²) in [6, 6.07) is 10.4. The molecule has 0 aliphatic heterocycles. The van der Waals surface area contributed by atoms with Gasteiger partial charge in [0, 0.05) is 37.0 Å². The molecule has 5 rings (SSSR count). The second kappa shape index (κ2) is 8.88. The van der Waals surface area contributed by atoms with Gasteiger partial charge in [-0.2, -0.15) is 0 Å². The summed E-state index contributed by atoms with van der Waals surface area (Å²) >= 11 is 0. The molecule has 0 amide bonds. The van der Waals surface area contributed by atoms with Crippen LogP contribution in [0.15, 0.2) is 36.4 Å². The van der Waals surface area contributed by atoms with Gasteiger partial charge in [0.15, 0.2) is 0 Å². The van der Waals surface area contributed by atoms with Crippen LogP contribution >= 0.6 is 0 Å². The Morgan fingerprint density at radius 3 is 2.53 bits per heavy atom. The van der Waals surface area contributed by atoms with Crippen molar-refractivity contribution in [2.24, 2.45) is 46.3 Å². The van der Waals surface area contributed by atoms with E-state index in [2.05, 4.69) is 57.2 Å². The van der Waals surface area contributed by atoms with Gasteiger partial charge >= 0.3 is 0 Å². The molecule has 0 N–H and O–H groups in total. The van der Waals surface area contributed by atoms with Crippen LogP contribution in [-0.4, -0.2) is 17.3 Å². The summed E-state index contributed by atoms with van der Waals surface area (Å²) in [5.74, 6) is 2.38. The first-order chi connectivity index (χ1) is 16.2. The molecular formula is C31H40O3. The number of ketones is 3. The number of carbonyl (C=O) groups excluding carboxylic acids is 3. The molecule has 1 aromatic rings. The molecule has 3 heteroatoms. The van der Waals surface area contributed by atoms with E-state index in [9.17, 15) is 14.4 Å². The van der Waals surface area contributed by atoms with Gasteiger partial charge in [-0.25, -0.2) is 0 Å². The predicted octanol–water partition coefficient (Wildman–Crippen LogP) is 6.70. The van der Waals surface area contributed by atoms with Crippen molar-refractivity contribution in [3.8, 4) is 0 Å². The quantitative estimate of drug-likeness (QED) is 0.491. The fourth-order valence-corrected chi connectivity index (χ4v) is 8.73. The van der Waals surface area contributed by atoms with Crippen LogP contribution in [0.3, 0.4) is 0 Å². The zero-order valence-corrected chi connectivity index (χ0v) is 21.1. The average Bonchev–Trinajstić information content (AvgIpc) is 3.18. The highest BCUT2D eigenvalue weighted by molar-refractivity contribution is 5.93. The Morgan fingerprint density at radius 1 is 1.00 bits per heavy atom. The molecule has 1 aromatic carbocycles. The van der Waals surface area contributed by atoms with Crippen LogP contribution in [-0.2, 0) is 14.4 Å². The highest BCUT2D eigenvalue weighted by Crippen LogP contribution is 2.66. The minimum atomic E-state index is -0.368. The van der Waals surface area contributed by atoms with Crippen molar-refractivity contribution in [1.82, 2.24) is 0 Å². The summed E-state index contributed by atoms with van der Waals surface area (Å²) < 4.78 is 0. The Morgan fingerprint density at radius 2 is 1.76 bits per heavy atom. The second-order valence-corrected chi connectivity index (χ2v) is 12.3. The number of rotatable bonds is 5. The van der Waals surface area contributed by atoms with Gasteiger partial charge in [0.1, 0.15) is 17.3 Å². The maximum Gasteiger partial charge on any atom is 0.139 e. The monoisotopic (exact) mass is 460 g/mol. The SMILES string of the molecule is C[C@H](CC/C=C/c1ccccc1)[C@H]1CC[C@H]2[C@@H]3C(=O)C[C@@H]4CC(=O)CC[C@]4(C)[C@H]3CC(=O)[C@]12C. The minimum absolute atomic E-state index is 0.0207. The third-order valence-electron chi connectivity index (χ3n) is 10.8. The Bertz CT molecular complexity index is 993. The zero-order valence-electron chi connectivity index (χ0n) is 21.1. The fraction of sp³-hybridized carbons (Fsp3) is 0.645. The van der Waals surface area contributed by atoms with E-state index in [-0.39, 0.29) is 34.5 Å². The first kappa shape index (κ1) is 23.7. The van der Waals surface area contributed by atoms with E-state index in [1.165, 1.54) is 5.56 Å². The maximum absolute atomic E-state index is 13.9. The zero-order chi connectivity index (χ0) is 24.1. The number of carbonyl (C=O) groups is 3. The molecule has 0 spiro atoms. The third-order valence-corrected chi connectivity index (χ3v) is 10.8. The summed E-state index contributed by atoms with van der Waals surface area (Å²) in [5, 5.41) is 0. The normalized spacial score (nSPS) is 40.7. The van der Waals surface area contributed by atoms with Crippen LogP contribution in [0, 0.1) is 46.3 Å². The molecule has 0 aromatic heterocycles. The molecule has 34 heavy (non-hydrogen) atoms. The van der Waals surface area contributed by atoms with E-state index in [0.717, 1.165) is 32.1 Å². The molecule has 0 unspecified atom stereocenters. The van der Waals surface area contributed by atoms with Gasteiger partial charge in [-0.05, 0) is 72.7 Å². The highest BCUT2D eigenvalue weighted by Gasteiger charge is 2.66. The van der Waals surface area contributed by atoms with Crippen molar-refractivity contribution in [3.05, 3.63) is 42.0 Å². The first-order valence-electron chi connectivity index (χ1n) is 13.5. The van der Waals surface area contributed by atoms with Crippen LogP contribution in [0.4, 0.5) is 0 Å². The summed E-state index contributed by atoms with van der Waals surface area (Å²) in [5.41, 5.74) is 0.825. The molecule has 8 atom stereocenters. The first-order valence-corrected chi connectivity index (χ1v) is 13.5. The molecule has 0 radical (unpaired) electrons. The number of Topliss-reactive ketones (excluding diaryl/α,β-unsaturated/α-hetero) is 3. The lowest BCUT2D eigenvalue weighted by Crippen LogP contribution is -2.60. The lowest BCUT2D eigenvalue weighted by molar-refractivity contribution is -0.166. The maximum atomic E-state index is 13.9. The van der Waals surface area contributed by atoms with Crippen molar-refractivity contribution in [1.29, 1.82) is 0 Å². The predicted molar refractivity (Wildman–Crippen MR) is 135 cm³/mol. The average molecular weight is 461 g/mol. The van der Waals surface area contributed by atoms with E-state index in [4.69, 9.17) is 0 Å². The van der Waals surface area contributed by atoms with Gasteiger partial charge in [-0.15, -0.1) is 0 Å². The topological polar surface area (TPSA) is 51.2 Å². The van der Waals surface area contributed by atoms with Gasteiger partial charge in [0.2, 0.25) is 0 Å². The van der Waals surface area contributed by atoms with Crippen LogP contribution in [0.5, 0.6) is 0 Å². The van der Waals surface area contributed by atoms with Gasteiger partial charge in [-0.3, -0.25) is 14.4 Å². The number of fused-ring (bicyclic) bond motifs is 5. The van der Waals surface area contributed by atoms with E-state index in [1.54, 1.807) is 0 Å². The van der Waals surface area contributed by atoms with Crippen molar-refractivity contribution in [3.63, 3.8) is 0 Å². The van der Waals surface area contributed by atoms with Crippen molar-refractivity contribution >= 4 is 23.4 Å². The third kappa shape index (κ3) is 3.74. The van der Waals surface area contributed by atoms with E-state index >= 15 is 0 Å².